The molecule has 1 amide bonds. The van der Waals surface area contributed by atoms with E-state index in [9.17, 15) is 13.2 Å². The summed E-state index contributed by atoms with van der Waals surface area (Å²) in [4.78, 5) is 13.7. The van der Waals surface area contributed by atoms with Crippen molar-refractivity contribution in [2.75, 3.05) is 25.9 Å². The number of amides is 1. The molecule has 0 unspecified atom stereocenters. The van der Waals surface area contributed by atoms with Crippen LogP contribution in [-0.2, 0) is 20.2 Å². The van der Waals surface area contributed by atoms with Gasteiger partial charge in [-0.2, -0.15) is 0 Å². The fourth-order valence-electron chi connectivity index (χ4n) is 3.09. The molecule has 0 bridgehead atoms. The van der Waals surface area contributed by atoms with Crippen molar-refractivity contribution in [2.24, 2.45) is 5.92 Å². The molecular weight excluding hydrogens is 320 g/mol. The first-order chi connectivity index (χ1) is 10.4. The molecule has 1 aliphatic carbocycles. The second-order valence-electron chi connectivity index (χ2n) is 6.41. The molecule has 0 aromatic carbocycles. The molecule has 1 aliphatic heterocycles. The van der Waals surface area contributed by atoms with E-state index in [1.54, 1.807) is 11.3 Å². The van der Waals surface area contributed by atoms with Gasteiger partial charge in [0.1, 0.15) is 0 Å². The first-order valence-corrected chi connectivity index (χ1v) is 10.4. The fourth-order valence-corrected chi connectivity index (χ4v) is 4.95. The maximum absolute atomic E-state index is 12.3. The van der Waals surface area contributed by atoms with Gasteiger partial charge in [0.15, 0.2) is 0 Å². The molecule has 1 saturated heterocycles. The van der Waals surface area contributed by atoms with Gasteiger partial charge in [0, 0.05) is 35.8 Å². The van der Waals surface area contributed by atoms with Crippen molar-refractivity contribution in [1.82, 2.24) is 9.62 Å². The summed E-state index contributed by atoms with van der Waals surface area (Å²) in [5, 5.41) is 5.18. The third kappa shape index (κ3) is 3.36. The number of hydrogen-bond acceptors (Lipinski definition) is 4. The van der Waals surface area contributed by atoms with Crippen LogP contribution in [0.4, 0.5) is 0 Å². The first-order valence-electron chi connectivity index (χ1n) is 7.68. The summed E-state index contributed by atoms with van der Waals surface area (Å²) in [6, 6.07) is 4.21. The van der Waals surface area contributed by atoms with Crippen LogP contribution in [0.5, 0.6) is 0 Å². The van der Waals surface area contributed by atoms with Crippen LogP contribution in [0.2, 0.25) is 0 Å². The molecule has 3 rings (SSSR count). The van der Waals surface area contributed by atoms with Crippen LogP contribution in [0.1, 0.15) is 30.6 Å². The highest BCUT2D eigenvalue weighted by Crippen LogP contribution is 2.49. The van der Waals surface area contributed by atoms with Crippen LogP contribution in [0, 0.1) is 5.92 Å². The third-order valence-corrected chi connectivity index (χ3v) is 7.21. The van der Waals surface area contributed by atoms with E-state index in [2.05, 4.69) is 22.8 Å². The summed E-state index contributed by atoms with van der Waals surface area (Å²) in [6.45, 7) is 1.61. The Kier molecular flexibility index (Phi) is 4.31. The molecule has 5 nitrogen and oxygen atoms in total. The standard InChI is InChI=1S/C15H22N2O3S2/c1-22(19,20)17-8-4-12(5-9-17)14(18)16-11-15(6-7-15)13-3-2-10-21-13/h2-3,10,12H,4-9,11H2,1H3,(H,16,18). The van der Waals surface area contributed by atoms with Gasteiger partial charge in [-0.3, -0.25) is 4.79 Å². The molecule has 122 valence electrons. The van der Waals surface area contributed by atoms with Gasteiger partial charge >= 0.3 is 0 Å². The van der Waals surface area contributed by atoms with E-state index in [1.165, 1.54) is 15.4 Å². The van der Waals surface area contributed by atoms with Crippen molar-refractivity contribution >= 4 is 27.3 Å². The highest BCUT2D eigenvalue weighted by Gasteiger charge is 2.45. The average Bonchev–Trinajstić information content (AvgIpc) is 3.07. The van der Waals surface area contributed by atoms with Gasteiger partial charge in [-0.1, -0.05) is 6.07 Å². The fraction of sp³-hybridized carbons (Fsp3) is 0.667. The monoisotopic (exact) mass is 342 g/mol. The van der Waals surface area contributed by atoms with Gasteiger partial charge in [-0.15, -0.1) is 11.3 Å². The third-order valence-electron chi connectivity index (χ3n) is 4.79. The van der Waals surface area contributed by atoms with Crippen LogP contribution in [0.15, 0.2) is 17.5 Å². The molecule has 0 radical (unpaired) electrons. The van der Waals surface area contributed by atoms with Crippen LogP contribution in [0.3, 0.4) is 0 Å². The Morgan fingerprint density at radius 2 is 2.09 bits per heavy atom. The van der Waals surface area contributed by atoms with Gasteiger partial charge in [-0.25, -0.2) is 12.7 Å². The largest absolute Gasteiger partial charge is 0.355 e. The molecule has 22 heavy (non-hydrogen) atoms. The van der Waals surface area contributed by atoms with E-state index in [0.717, 1.165) is 12.8 Å². The Labute approximate surface area is 135 Å². The van der Waals surface area contributed by atoms with Crippen LogP contribution in [-0.4, -0.2) is 44.5 Å². The van der Waals surface area contributed by atoms with Gasteiger partial charge in [0.25, 0.3) is 0 Å². The van der Waals surface area contributed by atoms with E-state index in [0.29, 0.717) is 32.5 Å². The molecule has 1 aromatic heterocycles. The summed E-state index contributed by atoms with van der Waals surface area (Å²) in [7, 11) is -3.13. The summed E-state index contributed by atoms with van der Waals surface area (Å²) < 4.78 is 24.4. The topological polar surface area (TPSA) is 66.5 Å². The molecule has 1 N–H and O–H groups in total. The van der Waals surface area contributed by atoms with Crippen molar-refractivity contribution in [2.45, 2.75) is 31.1 Å². The minimum Gasteiger partial charge on any atom is -0.355 e. The zero-order chi connectivity index (χ0) is 15.8. The molecule has 0 spiro atoms. The zero-order valence-corrected chi connectivity index (χ0v) is 14.4. The van der Waals surface area contributed by atoms with Crippen molar-refractivity contribution in [3.8, 4) is 0 Å². The Bertz CT molecular complexity index is 628. The predicted octanol–water partition coefficient (Wildman–Crippen LogP) is 1.57. The van der Waals surface area contributed by atoms with Gasteiger partial charge in [0.05, 0.1) is 6.26 Å². The second-order valence-corrected chi connectivity index (χ2v) is 9.34. The number of sulfonamides is 1. The second kappa shape index (κ2) is 5.94. The Hall–Kier alpha value is -0.920. The number of hydrogen-bond donors (Lipinski definition) is 1. The smallest absolute Gasteiger partial charge is 0.223 e. The molecule has 2 aliphatic rings. The number of piperidine rings is 1. The summed E-state index contributed by atoms with van der Waals surface area (Å²) in [6.07, 6.45) is 4.74. The Morgan fingerprint density at radius 1 is 1.41 bits per heavy atom. The maximum Gasteiger partial charge on any atom is 0.223 e. The van der Waals surface area contributed by atoms with E-state index in [4.69, 9.17) is 0 Å². The van der Waals surface area contributed by atoms with Gasteiger partial charge < -0.3 is 5.32 Å². The number of nitrogens with zero attached hydrogens (tertiary/aromatic N) is 1. The first kappa shape index (κ1) is 16.0. The zero-order valence-electron chi connectivity index (χ0n) is 12.7. The van der Waals surface area contributed by atoms with E-state index >= 15 is 0 Å². The lowest BCUT2D eigenvalue weighted by Crippen LogP contribution is -2.43. The number of rotatable bonds is 5. The normalized spacial score (nSPS) is 22.4. The highest BCUT2D eigenvalue weighted by molar-refractivity contribution is 7.88. The Morgan fingerprint density at radius 3 is 2.59 bits per heavy atom. The van der Waals surface area contributed by atoms with E-state index in [1.807, 2.05) is 0 Å². The molecule has 0 atom stereocenters. The van der Waals surface area contributed by atoms with Crippen LogP contribution < -0.4 is 5.32 Å². The van der Waals surface area contributed by atoms with Crippen molar-refractivity contribution < 1.29 is 13.2 Å². The molecule has 1 saturated carbocycles. The van der Waals surface area contributed by atoms with Crippen molar-refractivity contribution in [3.63, 3.8) is 0 Å². The lowest BCUT2D eigenvalue weighted by molar-refractivity contribution is -0.126. The average molecular weight is 342 g/mol. The number of nitrogens with one attached hydrogen (secondary N) is 1. The quantitative estimate of drug-likeness (QED) is 0.883. The predicted molar refractivity (Wildman–Crippen MR) is 87.4 cm³/mol. The van der Waals surface area contributed by atoms with Crippen molar-refractivity contribution in [3.05, 3.63) is 22.4 Å². The molecule has 1 aromatic rings. The summed E-state index contributed by atoms with van der Waals surface area (Å²) >= 11 is 1.76. The minimum absolute atomic E-state index is 0.0582. The van der Waals surface area contributed by atoms with E-state index < -0.39 is 10.0 Å². The van der Waals surface area contributed by atoms with Gasteiger partial charge in [0.2, 0.25) is 15.9 Å². The maximum atomic E-state index is 12.3. The molecule has 2 heterocycles. The summed E-state index contributed by atoms with van der Waals surface area (Å²) in [5.41, 5.74) is 0.164. The molecule has 2 fully saturated rings. The number of thiophene rings is 1. The SMILES string of the molecule is CS(=O)(=O)N1CCC(C(=O)NCC2(c3cccs3)CC2)CC1. The Balaban J connectivity index is 1.50. The molecule has 7 heteroatoms. The molecular formula is C15H22N2O3S2. The highest BCUT2D eigenvalue weighted by atomic mass is 32.2. The lowest BCUT2D eigenvalue weighted by Gasteiger charge is -2.29. The van der Waals surface area contributed by atoms with Gasteiger partial charge in [-0.05, 0) is 37.1 Å². The van der Waals surface area contributed by atoms with Crippen LogP contribution in [0.25, 0.3) is 0 Å². The number of carbonyl (C=O) groups excluding carboxylic acids is 1. The number of carbonyl (C=O) groups is 1. The van der Waals surface area contributed by atoms with Crippen molar-refractivity contribution in [1.29, 1.82) is 0 Å². The van der Waals surface area contributed by atoms with Crippen LogP contribution >= 0.6 is 11.3 Å². The lowest BCUT2D eigenvalue weighted by atomic mass is 9.96. The summed E-state index contributed by atoms with van der Waals surface area (Å²) in [5.74, 6) is 0.0214. The van der Waals surface area contributed by atoms with E-state index in [-0.39, 0.29) is 17.2 Å². The minimum atomic E-state index is -3.13.